The molecule has 1 aromatic carbocycles. The number of furan rings is 1. The lowest BCUT2D eigenvalue weighted by Crippen LogP contribution is -2.34. The summed E-state index contributed by atoms with van der Waals surface area (Å²) >= 11 is 3.37. The highest BCUT2D eigenvalue weighted by atomic mass is 79.9. The van der Waals surface area contributed by atoms with Crippen molar-refractivity contribution in [2.24, 2.45) is 0 Å². The molecule has 0 bridgehead atoms. The SMILES string of the molecule is CC(Cc1ccoc1)NC(=O)c1ccccc1Br. The molecule has 1 N–H and O–H groups in total. The molecule has 94 valence electrons. The zero-order valence-electron chi connectivity index (χ0n) is 10.0. The number of carbonyl (C=O) groups excluding carboxylic acids is 1. The first kappa shape index (κ1) is 12.9. The highest BCUT2D eigenvalue weighted by Crippen LogP contribution is 2.16. The summed E-state index contributed by atoms with van der Waals surface area (Å²) < 4.78 is 5.81. The minimum Gasteiger partial charge on any atom is -0.472 e. The first-order valence-electron chi connectivity index (χ1n) is 5.73. The molecular weight excluding hydrogens is 294 g/mol. The zero-order chi connectivity index (χ0) is 13.0. The Morgan fingerprint density at radius 1 is 1.39 bits per heavy atom. The average molecular weight is 308 g/mol. The molecule has 0 fully saturated rings. The van der Waals surface area contributed by atoms with Crippen LogP contribution in [0.15, 0.2) is 51.7 Å². The van der Waals surface area contributed by atoms with Crippen molar-refractivity contribution in [1.29, 1.82) is 0 Å². The lowest BCUT2D eigenvalue weighted by molar-refractivity contribution is 0.0939. The molecule has 4 heteroatoms. The molecule has 1 aromatic heterocycles. The quantitative estimate of drug-likeness (QED) is 0.940. The molecule has 0 aliphatic rings. The van der Waals surface area contributed by atoms with Gasteiger partial charge in [-0.3, -0.25) is 4.79 Å². The standard InChI is InChI=1S/C14H14BrNO2/c1-10(8-11-6-7-18-9-11)16-14(17)12-4-2-3-5-13(12)15/h2-7,9-10H,8H2,1H3,(H,16,17). The van der Waals surface area contributed by atoms with Crippen molar-refractivity contribution in [3.63, 3.8) is 0 Å². The summed E-state index contributed by atoms with van der Waals surface area (Å²) in [4.78, 5) is 12.0. The van der Waals surface area contributed by atoms with Crippen molar-refractivity contribution in [2.45, 2.75) is 19.4 Å². The number of carbonyl (C=O) groups is 1. The monoisotopic (exact) mass is 307 g/mol. The minimum absolute atomic E-state index is 0.0576. The van der Waals surface area contributed by atoms with Gasteiger partial charge in [-0.2, -0.15) is 0 Å². The summed E-state index contributed by atoms with van der Waals surface area (Å²) in [5.41, 5.74) is 1.73. The molecule has 0 radical (unpaired) electrons. The van der Waals surface area contributed by atoms with E-state index in [1.165, 1.54) is 0 Å². The molecule has 0 spiro atoms. The fraction of sp³-hybridized carbons (Fsp3) is 0.214. The molecule has 0 aliphatic carbocycles. The Labute approximate surface area is 114 Å². The van der Waals surface area contributed by atoms with E-state index in [9.17, 15) is 4.79 Å². The van der Waals surface area contributed by atoms with E-state index in [0.29, 0.717) is 5.56 Å². The van der Waals surface area contributed by atoms with Gasteiger partial charge in [-0.1, -0.05) is 12.1 Å². The Kier molecular flexibility index (Phi) is 4.20. The minimum atomic E-state index is -0.0709. The fourth-order valence-electron chi connectivity index (χ4n) is 1.76. The second kappa shape index (κ2) is 5.87. The van der Waals surface area contributed by atoms with Gasteiger partial charge in [0.1, 0.15) is 0 Å². The predicted molar refractivity (Wildman–Crippen MR) is 73.5 cm³/mol. The molecule has 18 heavy (non-hydrogen) atoms. The van der Waals surface area contributed by atoms with Crippen LogP contribution in [0.3, 0.4) is 0 Å². The highest BCUT2D eigenvalue weighted by Gasteiger charge is 2.12. The third-order valence-corrected chi connectivity index (χ3v) is 3.31. The summed E-state index contributed by atoms with van der Waals surface area (Å²) in [5, 5.41) is 2.96. The predicted octanol–water partition coefficient (Wildman–Crippen LogP) is 3.40. The molecule has 0 saturated carbocycles. The molecule has 1 unspecified atom stereocenters. The maximum Gasteiger partial charge on any atom is 0.252 e. The van der Waals surface area contributed by atoms with Crippen molar-refractivity contribution in [3.8, 4) is 0 Å². The fourth-order valence-corrected chi connectivity index (χ4v) is 2.23. The summed E-state index contributed by atoms with van der Waals surface area (Å²) in [7, 11) is 0. The summed E-state index contributed by atoms with van der Waals surface area (Å²) in [6, 6.07) is 9.35. The number of halogens is 1. The number of nitrogens with one attached hydrogen (secondary N) is 1. The van der Waals surface area contributed by atoms with E-state index in [1.54, 1.807) is 18.6 Å². The first-order valence-corrected chi connectivity index (χ1v) is 6.52. The van der Waals surface area contributed by atoms with E-state index in [0.717, 1.165) is 16.5 Å². The topological polar surface area (TPSA) is 42.2 Å². The number of hydrogen-bond donors (Lipinski definition) is 1. The first-order chi connectivity index (χ1) is 8.66. The summed E-state index contributed by atoms with van der Waals surface area (Å²) in [6.45, 7) is 1.97. The maximum atomic E-state index is 12.0. The van der Waals surface area contributed by atoms with Gasteiger partial charge in [0.15, 0.2) is 0 Å². The van der Waals surface area contributed by atoms with Crippen LogP contribution in [0.25, 0.3) is 0 Å². The van der Waals surface area contributed by atoms with E-state index < -0.39 is 0 Å². The third kappa shape index (κ3) is 3.23. The van der Waals surface area contributed by atoms with Crippen molar-refractivity contribution >= 4 is 21.8 Å². The van der Waals surface area contributed by atoms with E-state index >= 15 is 0 Å². The van der Waals surface area contributed by atoms with Gasteiger partial charge in [0.2, 0.25) is 0 Å². The molecule has 1 heterocycles. The van der Waals surface area contributed by atoms with Crippen LogP contribution in [0.5, 0.6) is 0 Å². The molecule has 1 atom stereocenters. The van der Waals surface area contributed by atoms with Gasteiger partial charge < -0.3 is 9.73 Å². The molecular formula is C14H14BrNO2. The van der Waals surface area contributed by atoms with Crippen LogP contribution in [-0.2, 0) is 6.42 Å². The van der Waals surface area contributed by atoms with Gasteiger partial charge in [0.25, 0.3) is 5.91 Å². The van der Waals surface area contributed by atoms with Crippen molar-refractivity contribution in [2.75, 3.05) is 0 Å². The highest BCUT2D eigenvalue weighted by molar-refractivity contribution is 9.10. The summed E-state index contributed by atoms with van der Waals surface area (Å²) in [6.07, 6.45) is 4.09. The number of hydrogen-bond acceptors (Lipinski definition) is 2. The van der Waals surface area contributed by atoms with E-state index in [2.05, 4.69) is 21.2 Å². The Morgan fingerprint density at radius 2 is 2.17 bits per heavy atom. The number of amides is 1. The normalized spacial score (nSPS) is 12.1. The largest absolute Gasteiger partial charge is 0.472 e. The van der Waals surface area contributed by atoms with Gasteiger partial charge in [0, 0.05) is 10.5 Å². The van der Waals surface area contributed by atoms with Crippen molar-refractivity contribution in [1.82, 2.24) is 5.32 Å². The van der Waals surface area contributed by atoms with Crippen LogP contribution in [0.2, 0.25) is 0 Å². The van der Waals surface area contributed by atoms with Crippen LogP contribution in [0.4, 0.5) is 0 Å². The number of rotatable bonds is 4. The van der Waals surface area contributed by atoms with Crippen LogP contribution < -0.4 is 5.32 Å². The van der Waals surface area contributed by atoms with E-state index in [-0.39, 0.29) is 11.9 Å². The van der Waals surface area contributed by atoms with Crippen molar-refractivity contribution < 1.29 is 9.21 Å². The van der Waals surface area contributed by atoms with Gasteiger partial charge in [0.05, 0.1) is 18.1 Å². The Hall–Kier alpha value is -1.55. The smallest absolute Gasteiger partial charge is 0.252 e. The zero-order valence-corrected chi connectivity index (χ0v) is 11.6. The maximum absolute atomic E-state index is 12.0. The van der Waals surface area contributed by atoms with E-state index in [1.807, 2.05) is 31.2 Å². The van der Waals surface area contributed by atoms with Crippen molar-refractivity contribution in [3.05, 3.63) is 58.5 Å². The number of benzene rings is 1. The van der Waals surface area contributed by atoms with Crippen LogP contribution >= 0.6 is 15.9 Å². The van der Waals surface area contributed by atoms with Crippen LogP contribution in [0, 0.1) is 0 Å². The second-order valence-electron chi connectivity index (χ2n) is 4.19. The molecule has 2 rings (SSSR count). The van der Waals surface area contributed by atoms with Gasteiger partial charge in [-0.05, 0) is 53.0 Å². The van der Waals surface area contributed by atoms with Gasteiger partial charge in [-0.25, -0.2) is 0 Å². The summed E-state index contributed by atoms with van der Waals surface area (Å²) in [5.74, 6) is -0.0709. The van der Waals surface area contributed by atoms with Gasteiger partial charge >= 0.3 is 0 Å². The molecule has 0 aliphatic heterocycles. The molecule has 2 aromatic rings. The third-order valence-electron chi connectivity index (χ3n) is 2.62. The van der Waals surface area contributed by atoms with E-state index in [4.69, 9.17) is 4.42 Å². The Balaban J connectivity index is 1.97. The average Bonchev–Trinajstić information content (AvgIpc) is 2.82. The lowest BCUT2D eigenvalue weighted by Gasteiger charge is -2.13. The molecule has 3 nitrogen and oxygen atoms in total. The lowest BCUT2D eigenvalue weighted by atomic mass is 10.1. The van der Waals surface area contributed by atoms with Gasteiger partial charge in [-0.15, -0.1) is 0 Å². The van der Waals surface area contributed by atoms with Crippen LogP contribution in [-0.4, -0.2) is 11.9 Å². The Morgan fingerprint density at radius 3 is 2.83 bits per heavy atom. The Bertz CT molecular complexity index is 522. The van der Waals surface area contributed by atoms with Crippen LogP contribution in [0.1, 0.15) is 22.8 Å². The molecule has 1 amide bonds. The second-order valence-corrected chi connectivity index (χ2v) is 5.04. The molecule has 0 saturated heterocycles.